The lowest BCUT2D eigenvalue weighted by Crippen LogP contribution is -2.50. The SMILES string of the molecule is COc1ccccc1N(CCC(N)=O)C(=O)CN1C[C@H](C)O[C@@H](C)C1. The number of nitrogens with two attached hydrogens (primary N) is 1. The molecule has 1 heterocycles. The number of rotatable bonds is 7. The van der Waals surface area contributed by atoms with Gasteiger partial charge in [-0.2, -0.15) is 0 Å². The smallest absolute Gasteiger partial charge is 0.241 e. The number of benzene rings is 1. The van der Waals surface area contributed by atoms with Crippen LogP contribution in [0.5, 0.6) is 5.75 Å². The van der Waals surface area contributed by atoms with E-state index in [0.717, 1.165) is 0 Å². The summed E-state index contributed by atoms with van der Waals surface area (Å²) in [6.07, 6.45) is 0.267. The van der Waals surface area contributed by atoms with Gasteiger partial charge in [0.2, 0.25) is 11.8 Å². The van der Waals surface area contributed by atoms with E-state index in [-0.39, 0.29) is 37.6 Å². The summed E-state index contributed by atoms with van der Waals surface area (Å²) in [6.45, 7) is 5.88. The lowest BCUT2D eigenvalue weighted by molar-refractivity contribution is -0.123. The molecule has 1 aliphatic rings. The minimum absolute atomic E-state index is 0.0851. The van der Waals surface area contributed by atoms with Crippen LogP contribution in [0, 0.1) is 0 Å². The molecule has 7 heteroatoms. The molecule has 1 aliphatic heterocycles. The zero-order chi connectivity index (χ0) is 18.4. The van der Waals surface area contributed by atoms with Crippen LogP contribution in [0.2, 0.25) is 0 Å². The first kappa shape index (κ1) is 19.2. The number of nitrogens with zero attached hydrogens (tertiary/aromatic N) is 2. The van der Waals surface area contributed by atoms with Crippen molar-refractivity contribution in [1.29, 1.82) is 0 Å². The van der Waals surface area contributed by atoms with Gasteiger partial charge in [0.05, 0.1) is 31.5 Å². The third kappa shape index (κ3) is 5.44. The van der Waals surface area contributed by atoms with Crippen LogP contribution in [0.1, 0.15) is 20.3 Å². The molecule has 0 unspecified atom stereocenters. The van der Waals surface area contributed by atoms with E-state index in [1.165, 1.54) is 0 Å². The van der Waals surface area contributed by atoms with Gasteiger partial charge in [0.1, 0.15) is 5.75 Å². The lowest BCUT2D eigenvalue weighted by Gasteiger charge is -2.36. The number of carbonyl (C=O) groups excluding carboxylic acids is 2. The van der Waals surface area contributed by atoms with Crippen molar-refractivity contribution >= 4 is 17.5 Å². The van der Waals surface area contributed by atoms with Crippen molar-refractivity contribution in [3.8, 4) is 5.75 Å². The van der Waals surface area contributed by atoms with Crippen molar-refractivity contribution in [3.05, 3.63) is 24.3 Å². The van der Waals surface area contributed by atoms with Gasteiger partial charge in [0, 0.05) is 26.1 Å². The fourth-order valence-electron chi connectivity index (χ4n) is 3.14. The second kappa shape index (κ2) is 8.82. The summed E-state index contributed by atoms with van der Waals surface area (Å²) in [4.78, 5) is 27.8. The van der Waals surface area contributed by atoms with E-state index in [1.54, 1.807) is 18.1 Å². The Balaban J connectivity index is 2.16. The van der Waals surface area contributed by atoms with Gasteiger partial charge < -0.3 is 20.1 Å². The van der Waals surface area contributed by atoms with Crippen molar-refractivity contribution in [2.24, 2.45) is 5.73 Å². The van der Waals surface area contributed by atoms with E-state index in [4.69, 9.17) is 15.2 Å². The number of primary amides is 1. The average molecular weight is 349 g/mol. The highest BCUT2D eigenvalue weighted by Crippen LogP contribution is 2.28. The monoisotopic (exact) mass is 349 g/mol. The molecular formula is C18H27N3O4. The molecule has 1 saturated heterocycles. The molecule has 1 aromatic rings. The molecule has 0 radical (unpaired) electrons. The summed E-state index contributed by atoms with van der Waals surface area (Å²) in [7, 11) is 1.56. The Morgan fingerprint density at radius 1 is 1.28 bits per heavy atom. The molecule has 0 spiro atoms. The van der Waals surface area contributed by atoms with E-state index in [2.05, 4.69) is 4.90 Å². The predicted molar refractivity (Wildman–Crippen MR) is 95.6 cm³/mol. The predicted octanol–water partition coefficient (Wildman–Crippen LogP) is 1.01. The van der Waals surface area contributed by atoms with Crippen LogP contribution in [0.4, 0.5) is 5.69 Å². The maximum atomic E-state index is 12.9. The Labute approximate surface area is 148 Å². The lowest BCUT2D eigenvalue weighted by atomic mass is 10.2. The minimum Gasteiger partial charge on any atom is -0.495 e. The van der Waals surface area contributed by atoms with E-state index in [1.807, 2.05) is 32.0 Å². The zero-order valence-corrected chi connectivity index (χ0v) is 15.1. The molecule has 138 valence electrons. The van der Waals surface area contributed by atoms with Gasteiger partial charge in [-0.25, -0.2) is 0 Å². The summed E-state index contributed by atoms with van der Waals surface area (Å²) < 4.78 is 11.1. The van der Waals surface area contributed by atoms with Crippen molar-refractivity contribution in [2.45, 2.75) is 32.5 Å². The molecule has 0 aliphatic carbocycles. The van der Waals surface area contributed by atoms with Crippen LogP contribution >= 0.6 is 0 Å². The van der Waals surface area contributed by atoms with Gasteiger partial charge in [0.15, 0.2) is 0 Å². The summed E-state index contributed by atoms with van der Waals surface area (Å²) >= 11 is 0. The van der Waals surface area contributed by atoms with Gasteiger partial charge in [-0.3, -0.25) is 14.5 Å². The highest BCUT2D eigenvalue weighted by Gasteiger charge is 2.27. The van der Waals surface area contributed by atoms with Gasteiger partial charge in [-0.05, 0) is 26.0 Å². The minimum atomic E-state index is -0.443. The van der Waals surface area contributed by atoms with Gasteiger partial charge in [-0.15, -0.1) is 0 Å². The number of amides is 2. The van der Waals surface area contributed by atoms with Crippen molar-refractivity contribution in [1.82, 2.24) is 4.90 Å². The number of hydrogen-bond acceptors (Lipinski definition) is 5. The molecule has 2 rings (SSSR count). The molecule has 2 atom stereocenters. The van der Waals surface area contributed by atoms with E-state index < -0.39 is 5.91 Å². The largest absolute Gasteiger partial charge is 0.495 e. The van der Waals surface area contributed by atoms with Crippen molar-refractivity contribution in [3.63, 3.8) is 0 Å². The number of carbonyl (C=O) groups is 2. The Bertz CT molecular complexity index is 598. The first-order valence-corrected chi connectivity index (χ1v) is 8.50. The third-order valence-corrected chi connectivity index (χ3v) is 4.11. The summed E-state index contributed by atoms with van der Waals surface area (Å²) in [6, 6.07) is 7.27. The fourth-order valence-corrected chi connectivity index (χ4v) is 3.14. The first-order chi connectivity index (χ1) is 11.9. The van der Waals surface area contributed by atoms with Gasteiger partial charge in [-0.1, -0.05) is 12.1 Å². The number of para-hydroxylation sites is 2. The Morgan fingerprint density at radius 3 is 2.52 bits per heavy atom. The third-order valence-electron chi connectivity index (χ3n) is 4.11. The topological polar surface area (TPSA) is 85.1 Å². The number of anilines is 1. The van der Waals surface area contributed by atoms with Crippen molar-refractivity contribution < 1.29 is 19.1 Å². The molecule has 1 fully saturated rings. The number of morpholine rings is 1. The number of methoxy groups -OCH3 is 1. The average Bonchev–Trinajstić information content (AvgIpc) is 2.54. The van der Waals surface area contributed by atoms with Crippen LogP contribution in [0.15, 0.2) is 24.3 Å². The molecule has 0 bridgehead atoms. The van der Waals surface area contributed by atoms with Crippen LogP contribution in [-0.4, -0.2) is 62.2 Å². The maximum absolute atomic E-state index is 12.9. The molecule has 2 amide bonds. The zero-order valence-electron chi connectivity index (χ0n) is 15.1. The van der Waals surface area contributed by atoms with Gasteiger partial charge >= 0.3 is 0 Å². The van der Waals surface area contributed by atoms with E-state index >= 15 is 0 Å². The molecule has 7 nitrogen and oxygen atoms in total. The highest BCUT2D eigenvalue weighted by molar-refractivity contribution is 5.96. The highest BCUT2D eigenvalue weighted by atomic mass is 16.5. The molecule has 25 heavy (non-hydrogen) atoms. The van der Waals surface area contributed by atoms with E-state index in [0.29, 0.717) is 24.5 Å². The first-order valence-electron chi connectivity index (χ1n) is 8.50. The summed E-state index contributed by atoms with van der Waals surface area (Å²) in [5.74, 6) is 0.0531. The number of hydrogen-bond donors (Lipinski definition) is 1. The van der Waals surface area contributed by atoms with E-state index in [9.17, 15) is 9.59 Å². The second-order valence-corrected chi connectivity index (χ2v) is 6.38. The standard InChI is InChI=1S/C18H27N3O4/c1-13-10-20(11-14(2)25-13)12-18(23)21(9-8-17(19)22)15-6-4-5-7-16(15)24-3/h4-7,13-14H,8-12H2,1-3H3,(H2,19,22)/t13-,14-/m0/s1. The van der Waals surface area contributed by atoms with Crippen LogP contribution in [-0.2, 0) is 14.3 Å². The fraction of sp³-hybridized carbons (Fsp3) is 0.556. The molecule has 0 aromatic heterocycles. The molecular weight excluding hydrogens is 322 g/mol. The molecule has 2 N–H and O–H groups in total. The number of ether oxygens (including phenoxy) is 2. The Morgan fingerprint density at radius 2 is 1.92 bits per heavy atom. The van der Waals surface area contributed by atoms with Crippen LogP contribution < -0.4 is 15.4 Å². The normalized spacial score (nSPS) is 20.9. The molecule has 0 saturated carbocycles. The van der Waals surface area contributed by atoms with Gasteiger partial charge in [0.25, 0.3) is 0 Å². The quantitative estimate of drug-likeness (QED) is 0.794. The molecule has 1 aromatic carbocycles. The Hall–Kier alpha value is -2.12. The summed E-state index contributed by atoms with van der Waals surface area (Å²) in [5, 5.41) is 0. The Kier molecular flexibility index (Phi) is 6.78. The van der Waals surface area contributed by atoms with Crippen LogP contribution in [0.3, 0.4) is 0 Å². The summed E-state index contributed by atoms with van der Waals surface area (Å²) in [5.41, 5.74) is 5.92. The maximum Gasteiger partial charge on any atom is 0.241 e. The van der Waals surface area contributed by atoms with Crippen LogP contribution in [0.25, 0.3) is 0 Å². The van der Waals surface area contributed by atoms with Crippen molar-refractivity contribution in [2.75, 3.05) is 38.2 Å². The second-order valence-electron chi connectivity index (χ2n) is 6.38.